The Morgan fingerprint density at radius 3 is 2.82 bits per heavy atom. The maximum absolute atomic E-state index is 5.41. The van der Waals surface area contributed by atoms with Crippen molar-refractivity contribution in [2.45, 2.75) is 26.6 Å². The first-order valence-electron chi connectivity index (χ1n) is 3.78. The average molecular weight is 154 g/mol. The molecule has 1 rings (SSSR count). The Hall–Kier alpha value is -0.830. The van der Waals surface area contributed by atoms with Crippen molar-refractivity contribution < 1.29 is 4.74 Å². The van der Waals surface area contributed by atoms with E-state index in [2.05, 4.69) is 5.10 Å². The Bertz CT molecular complexity index is 218. The van der Waals surface area contributed by atoms with Crippen molar-refractivity contribution in [3.8, 4) is 0 Å². The van der Waals surface area contributed by atoms with Crippen LogP contribution in [-0.4, -0.2) is 15.9 Å². The predicted molar refractivity (Wildman–Crippen MR) is 43.1 cm³/mol. The number of rotatable bonds is 3. The number of aryl methyl sites for hydroxylation is 1. The van der Waals surface area contributed by atoms with Gasteiger partial charge in [0.15, 0.2) is 0 Å². The Labute approximate surface area is 67.0 Å². The van der Waals surface area contributed by atoms with E-state index in [0.717, 1.165) is 5.69 Å². The number of hydrogen-bond donors (Lipinski definition) is 0. The zero-order valence-electron chi connectivity index (χ0n) is 7.24. The maximum Gasteiger partial charge on any atom is 0.0888 e. The molecule has 0 unspecified atom stereocenters. The van der Waals surface area contributed by atoms with Gasteiger partial charge in [-0.3, -0.25) is 4.68 Å². The van der Waals surface area contributed by atoms with Gasteiger partial charge in [0.1, 0.15) is 0 Å². The van der Waals surface area contributed by atoms with Gasteiger partial charge in [-0.25, -0.2) is 0 Å². The van der Waals surface area contributed by atoms with Crippen LogP contribution in [0.1, 0.15) is 19.5 Å². The van der Waals surface area contributed by atoms with Crippen LogP contribution in [0.25, 0.3) is 0 Å². The Morgan fingerprint density at radius 2 is 2.36 bits per heavy atom. The fourth-order valence-electron chi connectivity index (χ4n) is 0.795. The molecule has 0 bridgehead atoms. The molecule has 0 aliphatic rings. The topological polar surface area (TPSA) is 27.1 Å². The van der Waals surface area contributed by atoms with Crippen LogP contribution in [0.5, 0.6) is 0 Å². The number of aromatic nitrogens is 2. The molecule has 0 amide bonds. The van der Waals surface area contributed by atoms with E-state index in [-0.39, 0.29) is 6.10 Å². The van der Waals surface area contributed by atoms with Crippen molar-refractivity contribution in [2.24, 2.45) is 7.05 Å². The summed E-state index contributed by atoms with van der Waals surface area (Å²) in [6, 6.07) is 1.96. The molecule has 3 nitrogen and oxygen atoms in total. The van der Waals surface area contributed by atoms with Crippen LogP contribution in [0.2, 0.25) is 0 Å². The van der Waals surface area contributed by atoms with Crippen molar-refractivity contribution >= 4 is 0 Å². The lowest BCUT2D eigenvalue weighted by molar-refractivity contribution is 0.0617. The zero-order valence-corrected chi connectivity index (χ0v) is 7.24. The van der Waals surface area contributed by atoms with E-state index < -0.39 is 0 Å². The van der Waals surface area contributed by atoms with Gasteiger partial charge in [0.05, 0.1) is 18.4 Å². The number of nitrogens with zero attached hydrogens (tertiary/aromatic N) is 2. The molecule has 1 aromatic rings. The second kappa shape index (κ2) is 3.53. The molecule has 0 radical (unpaired) electrons. The summed E-state index contributed by atoms with van der Waals surface area (Å²) < 4.78 is 7.23. The summed E-state index contributed by atoms with van der Waals surface area (Å²) in [6.45, 7) is 4.70. The minimum atomic E-state index is 0.282. The van der Waals surface area contributed by atoms with Crippen LogP contribution < -0.4 is 0 Å². The van der Waals surface area contributed by atoms with Crippen LogP contribution in [0, 0.1) is 0 Å². The Balaban J connectivity index is 2.44. The summed E-state index contributed by atoms with van der Waals surface area (Å²) in [6.07, 6.45) is 2.06. The van der Waals surface area contributed by atoms with E-state index >= 15 is 0 Å². The molecule has 1 heterocycles. The van der Waals surface area contributed by atoms with E-state index in [4.69, 9.17) is 4.74 Å². The third kappa shape index (κ3) is 2.35. The lowest BCUT2D eigenvalue weighted by Gasteiger charge is -2.06. The highest BCUT2D eigenvalue weighted by Gasteiger charge is 1.99. The molecule has 3 heteroatoms. The second-order valence-electron chi connectivity index (χ2n) is 2.81. The first-order valence-corrected chi connectivity index (χ1v) is 3.78. The molecular weight excluding hydrogens is 140 g/mol. The fourth-order valence-corrected chi connectivity index (χ4v) is 0.795. The molecule has 1 aromatic heterocycles. The SMILES string of the molecule is CC(C)OCc1ccnn1C. The normalized spacial score (nSPS) is 10.9. The third-order valence-corrected chi connectivity index (χ3v) is 1.49. The van der Waals surface area contributed by atoms with E-state index in [1.807, 2.05) is 31.6 Å². The lowest BCUT2D eigenvalue weighted by Crippen LogP contribution is -2.06. The van der Waals surface area contributed by atoms with Gasteiger partial charge in [0, 0.05) is 13.2 Å². The minimum Gasteiger partial charge on any atom is -0.373 e. The van der Waals surface area contributed by atoms with Crippen molar-refractivity contribution in [1.82, 2.24) is 9.78 Å². The minimum absolute atomic E-state index is 0.282. The summed E-state index contributed by atoms with van der Waals surface area (Å²) in [7, 11) is 1.92. The summed E-state index contributed by atoms with van der Waals surface area (Å²) in [5, 5.41) is 4.03. The van der Waals surface area contributed by atoms with Crippen LogP contribution in [0.15, 0.2) is 12.3 Å². The van der Waals surface area contributed by atoms with Gasteiger partial charge in [-0.2, -0.15) is 5.10 Å². The molecule has 62 valence electrons. The first kappa shape index (κ1) is 8.27. The monoisotopic (exact) mass is 154 g/mol. The fraction of sp³-hybridized carbons (Fsp3) is 0.625. The van der Waals surface area contributed by atoms with Crippen molar-refractivity contribution in [3.05, 3.63) is 18.0 Å². The standard InChI is InChI=1S/C8H14N2O/c1-7(2)11-6-8-4-5-9-10(8)3/h4-5,7H,6H2,1-3H3. The highest BCUT2D eigenvalue weighted by Crippen LogP contribution is 2.00. The Morgan fingerprint density at radius 1 is 1.64 bits per heavy atom. The quantitative estimate of drug-likeness (QED) is 0.657. The Kier molecular flexibility index (Phi) is 2.65. The molecule has 0 fully saturated rings. The maximum atomic E-state index is 5.41. The highest BCUT2D eigenvalue weighted by atomic mass is 16.5. The van der Waals surface area contributed by atoms with Gasteiger partial charge in [-0.15, -0.1) is 0 Å². The van der Waals surface area contributed by atoms with Crippen molar-refractivity contribution in [1.29, 1.82) is 0 Å². The third-order valence-electron chi connectivity index (χ3n) is 1.49. The van der Waals surface area contributed by atoms with E-state index in [1.54, 1.807) is 6.20 Å². The van der Waals surface area contributed by atoms with Crippen LogP contribution in [0.3, 0.4) is 0 Å². The van der Waals surface area contributed by atoms with Crippen LogP contribution in [-0.2, 0) is 18.4 Å². The number of ether oxygens (including phenoxy) is 1. The van der Waals surface area contributed by atoms with Crippen LogP contribution >= 0.6 is 0 Å². The van der Waals surface area contributed by atoms with Gasteiger partial charge < -0.3 is 4.74 Å². The van der Waals surface area contributed by atoms with Gasteiger partial charge in [-0.05, 0) is 19.9 Å². The average Bonchev–Trinajstić information content (AvgIpc) is 2.31. The molecular formula is C8H14N2O. The van der Waals surface area contributed by atoms with E-state index in [1.165, 1.54) is 0 Å². The van der Waals surface area contributed by atoms with Crippen molar-refractivity contribution in [3.63, 3.8) is 0 Å². The molecule has 0 saturated carbocycles. The highest BCUT2D eigenvalue weighted by molar-refractivity contribution is 4.97. The molecule has 11 heavy (non-hydrogen) atoms. The molecule has 0 aromatic carbocycles. The number of hydrogen-bond acceptors (Lipinski definition) is 2. The van der Waals surface area contributed by atoms with Crippen molar-refractivity contribution in [2.75, 3.05) is 0 Å². The molecule has 0 aliphatic heterocycles. The van der Waals surface area contributed by atoms with Gasteiger partial charge in [-0.1, -0.05) is 0 Å². The smallest absolute Gasteiger partial charge is 0.0888 e. The lowest BCUT2D eigenvalue weighted by atomic mass is 10.4. The summed E-state index contributed by atoms with van der Waals surface area (Å²) in [5.41, 5.74) is 1.11. The summed E-state index contributed by atoms with van der Waals surface area (Å²) in [4.78, 5) is 0. The predicted octanol–water partition coefficient (Wildman–Crippen LogP) is 1.35. The molecule has 0 aliphatic carbocycles. The summed E-state index contributed by atoms with van der Waals surface area (Å²) in [5.74, 6) is 0. The van der Waals surface area contributed by atoms with Gasteiger partial charge in [0.2, 0.25) is 0 Å². The van der Waals surface area contributed by atoms with E-state index in [9.17, 15) is 0 Å². The molecule has 0 saturated heterocycles. The molecule has 0 atom stereocenters. The zero-order chi connectivity index (χ0) is 8.27. The largest absolute Gasteiger partial charge is 0.373 e. The second-order valence-corrected chi connectivity index (χ2v) is 2.81. The van der Waals surface area contributed by atoms with Gasteiger partial charge in [0.25, 0.3) is 0 Å². The first-order chi connectivity index (χ1) is 5.20. The van der Waals surface area contributed by atoms with Gasteiger partial charge >= 0.3 is 0 Å². The molecule has 0 N–H and O–H groups in total. The van der Waals surface area contributed by atoms with E-state index in [0.29, 0.717) is 6.61 Å². The van der Waals surface area contributed by atoms with Crippen LogP contribution in [0.4, 0.5) is 0 Å². The molecule has 0 spiro atoms. The summed E-state index contributed by atoms with van der Waals surface area (Å²) >= 11 is 0.